The molecular weight excluding hydrogens is 529 g/mol. The van der Waals surface area contributed by atoms with Crippen molar-refractivity contribution in [2.45, 2.75) is 6.92 Å². The fourth-order valence-electron chi connectivity index (χ4n) is 4.14. The molecule has 0 saturated carbocycles. The van der Waals surface area contributed by atoms with E-state index in [0.29, 0.717) is 40.3 Å². The number of fused-ring (bicyclic) bond motifs is 2. The number of rotatable bonds is 4. The smallest absolute Gasteiger partial charge is 0.266 e. The number of carbonyl (C=O) groups excluding carboxylic acids is 1. The average molecular weight is 549 g/mol. The van der Waals surface area contributed by atoms with E-state index in [2.05, 4.69) is 22.6 Å². The number of hydrogen-bond donors (Lipinski definition) is 0. The average Bonchev–Trinajstić information content (AvgIpc) is 3.10. The molecule has 2 heterocycles. The first-order valence-electron chi connectivity index (χ1n) is 10.5. The van der Waals surface area contributed by atoms with Crippen LogP contribution in [0.3, 0.4) is 0 Å². The molecule has 0 N–H and O–H groups in total. The van der Waals surface area contributed by atoms with E-state index in [4.69, 9.17) is 9.72 Å². The molecular formula is C26H20IN3O3. The van der Waals surface area contributed by atoms with Crippen LogP contribution in [-0.2, 0) is 4.79 Å². The van der Waals surface area contributed by atoms with Crippen LogP contribution in [0.25, 0.3) is 28.2 Å². The quantitative estimate of drug-likeness (QED) is 0.268. The maximum atomic E-state index is 13.6. The topological polar surface area (TPSA) is 64.4 Å². The van der Waals surface area contributed by atoms with E-state index in [9.17, 15) is 9.59 Å². The molecule has 1 aromatic heterocycles. The summed E-state index contributed by atoms with van der Waals surface area (Å²) in [6, 6.07) is 20.5. The fourth-order valence-corrected chi connectivity index (χ4v) is 4.63. The van der Waals surface area contributed by atoms with Crippen molar-refractivity contribution in [3.63, 3.8) is 0 Å². The summed E-state index contributed by atoms with van der Waals surface area (Å²) >= 11 is 2.18. The van der Waals surface area contributed by atoms with Crippen molar-refractivity contribution in [3.8, 4) is 11.4 Å². The van der Waals surface area contributed by atoms with E-state index in [0.717, 1.165) is 14.8 Å². The van der Waals surface area contributed by atoms with Crippen LogP contribution in [0.5, 0.6) is 5.75 Å². The number of carbonyl (C=O) groups is 1. The second-order valence-electron chi connectivity index (χ2n) is 7.59. The van der Waals surface area contributed by atoms with Gasteiger partial charge in [-0.05, 0) is 84.1 Å². The molecule has 7 heteroatoms. The normalized spacial score (nSPS) is 14.2. The predicted octanol–water partition coefficient (Wildman–Crippen LogP) is 4.91. The van der Waals surface area contributed by atoms with Gasteiger partial charge in [0.05, 0.1) is 35.0 Å². The van der Waals surface area contributed by atoms with E-state index in [1.807, 2.05) is 61.5 Å². The van der Waals surface area contributed by atoms with Crippen molar-refractivity contribution in [2.75, 3.05) is 18.6 Å². The molecule has 0 spiro atoms. The number of aromatic nitrogens is 2. The highest BCUT2D eigenvalue weighted by Crippen LogP contribution is 2.37. The number of nitrogens with zero attached hydrogens (tertiary/aromatic N) is 3. The third-order valence-electron chi connectivity index (χ3n) is 5.74. The van der Waals surface area contributed by atoms with E-state index in [1.54, 1.807) is 34.8 Å². The standard InChI is InChI=1S/C26H20IN3O3/c1-3-29-23-7-5-4-6-19(23)20(25(29)31)15-24-28-22-13-8-16(27)14-21(22)26(32)30(24)17-9-11-18(33-2)12-10-17/h4-15H,3H2,1-2H3. The molecule has 6 nitrogen and oxygen atoms in total. The highest BCUT2D eigenvalue weighted by Gasteiger charge is 2.31. The summed E-state index contributed by atoms with van der Waals surface area (Å²) in [7, 11) is 1.60. The van der Waals surface area contributed by atoms with Crippen LogP contribution in [0.15, 0.2) is 71.5 Å². The van der Waals surface area contributed by atoms with Crippen LogP contribution >= 0.6 is 22.6 Å². The Morgan fingerprint density at radius 2 is 1.79 bits per heavy atom. The van der Waals surface area contributed by atoms with Crippen LogP contribution < -0.4 is 15.2 Å². The maximum Gasteiger partial charge on any atom is 0.266 e. The van der Waals surface area contributed by atoms with Gasteiger partial charge in [-0.25, -0.2) is 4.98 Å². The third kappa shape index (κ3) is 3.62. The second-order valence-corrected chi connectivity index (χ2v) is 8.84. The number of likely N-dealkylation sites (N-methyl/N-ethyl adjacent to an activating group) is 1. The summed E-state index contributed by atoms with van der Waals surface area (Å²) in [6.07, 6.45) is 1.72. The summed E-state index contributed by atoms with van der Waals surface area (Å²) in [6.45, 7) is 2.50. The first kappa shape index (κ1) is 21.4. The molecule has 0 unspecified atom stereocenters. The number of benzene rings is 3. The summed E-state index contributed by atoms with van der Waals surface area (Å²) in [5.41, 5.74) is 3.26. The minimum Gasteiger partial charge on any atom is -0.497 e. The van der Waals surface area contributed by atoms with Crippen molar-refractivity contribution in [1.29, 1.82) is 0 Å². The Hall–Kier alpha value is -3.46. The number of hydrogen-bond acceptors (Lipinski definition) is 4. The minimum atomic E-state index is -0.193. The van der Waals surface area contributed by atoms with Gasteiger partial charge in [0.2, 0.25) is 0 Å². The molecule has 164 valence electrons. The van der Waals surface area contributed by atoms with Crippen LogP contribution in [0.4, 0.5) is 5.69 Å². The Morgan fingerprint density at radius 3 is 2.52 bits per heavy atom. The number of amides is 1. The van der Waals surface area contributed by atoms with Gasteiger partial charge in [0.15, 0.2) is 0 Å². The molecule has 3 aromatic carbocycles. The molecule has 1 aliphatic heterocycles. The lowest BCUT2D eigenvalue weighted by molar-refractivity contribution is -0.112. The Balaban J connectivity index is 1.80. The van der Waals surface area contributed by atoms with Crippen molar-refractivity contribution in [3.05, 3.63) is 92.0 Å². The summed E-state index contributed by atoms with van der Waals surface area (Å²) in [4.78, 5) is 33.4. The molecule has 5 rings (SSSR count). The number of ether oxygens (including phenoxy) is 1. The molecule has 0 fully saturated rings. The molecule has 0 aliphatic carbocycles. The SMILES string of the molecule is CCN1C(=O)C(=Cc2nc3ccc(I)cc3c(=O)n2-c2ccc(OC)cc2)c2ccccc21. The first-order chi connectivity index (χ1) is 16.0. The van der Waals surface area contributed by atoms with Crippen LogP contribution in [0.1, 0.15) is 18.3 Å². The Kier molecular flexibility index (Phi) is 5.49. The fraction of sp³-hybridized carbons (Fsp3) is 0.115. The van der Waals surface area contributed by atoms with Gasteiger partial charge in [0, 0.05) is 15.7 Å². The number of anilines is 1. The molecule has 4 aromatic rings. The van der Waals surface area contributed by atoms with E-state index >= 15 is 0 Å². The van der Waals surface area contributed by atoms with Gasteiger partial charge in [-0.3, -0.25) is 14.2 Å². The van der Waals surface area contributed by atoms with Crippen molar-refractivity contribution < 1.29 is 9.53 Å². The number of para-hydroxylation sites is 1. The maximum absolute atomic E-state index is 13.6. The first-order valence-corrected chi connectivity index (χ1v) is 11.6. The van der Waals surface area contributed by atoms with Gasteiger partial charge in [-0.2, -0.15) is 0 Å². The Bertz CT molecular complexity index is 1490. The largest absolute Gasteiger partial charge is 0.497 e. The molecule has 1 aliphatic rings. The van der Waals surface area contributed by atoms with E-state index in [-0.39, 0.29) is 11.5 Å². The van der Waals surface area contributed by atoms with Crippen LogP contribution in [0, 0.1) is 3.57 Å². The van der Waals surface area contributed by atoms with Crippen molar-refractivity contribution in [1.82, 2.24) is 9.55 Å². The third-order valence-corrected chi connectivity index (χ3v) is 6.41. The van der Waals surface area contributed by atoms with Gasteiger partial charge in [-0.15, -0.1) is 0 Å². The summed E-state index contributed by atoms with van der Waals surface area (Å²) in [5, 5.41) is 0.521. The van der Waals surface area contributed by atoms with Crippen molar-refractivity contribution in [2.24, 2.45) is 0 Å². The zero-order valence-electron chi connectivity index (χ0n) is 18.1. The monoisotopic (exact) mass is 549 g/mol. The van der Waals surface area contributed by atoms with Gasteiger partial charge in [0.1, 0.15) is 11.6 Å². The molecule has 1 amide bonds. The van der Waals surface area contributed by atoms with E-state index in [1.165, 1.54) is 0 Å². The number of methoxy groups -OCH3 is 1. The molecule has 33 heavy (non-hydrogen) atoms. The van der Waals surface area contributed by atoms with Crippen LogP contribution in [-0.4, -0.2) is 29.1 Å². The lowest BCUT2D eigenvalue weighted by atomic mass is 10.1. The molecule has 0 bridgehead atoms. The zero-order chi connectivity index (χ0) is 23.1. The summed E-state index contributed by atoms with van der Waals surface area (Å²) < 4.78 is 7.77. The number of halogens is 1. The van der Waals surface area contributed by atoms with E-state index < -0.39 is 0 Å². The van der Waals surface area contributed by atoms with Gasteiger partial charge in [-0.1, -0.05) is 18.2 Å². The molecule has 0 atom stereocenters. The molecule has 0 saturated heterocycles. The van der Waals surface area contributed by atoms with Gasteiger partial charge >= 0.3 is 0 Å². The van der Waals surface area contributed by atoms with Gasteiger partial charge < -0.3 is 9.64 Å². The predicted molar refractivity (Wildman–Crippen MR) is 139 cm³/mol. The minimum absolute atomic E-state index is 0.100. The zero-order valence-corrected chi connectivity index (χ0v) is 20.2. The molecule has 0 radical (unpaired) electrons. The van der Waals surface area contributed by atoms with Crippen LogP contribution in [0.2, 0.25) is 0 Å². The lowest BCUT2D eigenvalue weighted by Crippen LogP contribution is -2.26. The van der Waals surface area contributed by atoms with Gasteiger partial charge in [0.25, 0.3) is 11.5 Å². The lowest BCUT2D eigenvalue weighted by Gasteiger charge is -2.14. The Labute approximate surface area is 204 Å². The van der Waals surface area contributed by atoms with Crippen molar-refractivity contribution >= 4 is 56.7 Å². The highest BCUT2D eigenvalue weighted by molar-refractivity contribution is 14.1. The Morgan fingerprint density at radius 1 is 1.03 bits per heavy atom. The highest BCUT2D eigenvalue weighted by atomic mass is 127. The summed E-state index contributed by atoms with van der Waals surface area (Å²) in [5.74, 6) is 0.986. The second kappa shape index (κ2) is 8.47.